The molecule has 0 radical (unpaired) electrons. The third-order valence-electron chi connectivity index (χ3n) is 1.99. The van der Waals surface area contributed by atoms with Crippen molar-refractivity contribution in [3.8, 4) is 0 Å². The fourth-order valence-electron chi connectivity index (χ4n) is 1.16. The van der Waals surface area contributed by atoms with E-state index in [0.717, 1.165) is 6.42 Å². The van der Waals surface area contributed by atoms with Gasteiger partial charge in [-0.15, -0.1) is 0 Å². The molecule has 0 heterocycles. The Balaban J connectivity index is 2.50. The Morgan fingerprint density at radius 3 is 2.94 bits per heavy atom. The van der Waals surface area contributed by atoms with Crippen molar-refractivity contribution in [2.45, 2.75) is 6.42 Å². The normalized spacial score (nSPS) is 10.2. The summed E-state index contributed by atoms with van der Waals surface area (Å²) < 4.78 is 18.3. The van der Waals surface area contributed by atoms with Gasteiger partial charge in [-0.25, -0.2) is 4.39 Å². The molecule has 1 N–H and O–H groups in total. The van der Waals surface area contributed by atoms with Crippen molar-refractivity contribution in [1.29, 1.82) is 0 Å². The molecule has 5 heteroatoms. The van der Waals surface area contributed by atoms with Crippen LogP contribution < -0.4 is 5.32 Å². The van der Waals surface area contributed by atoms with Gasteiger partial charge < -0.3 is 10.1 Å². The zero-order valence-electron chi connectivity index (χ0n) is 8.93. The van der Waals surface area contributed by atoms with Gasteiger partial charge in [-0.2, -0.15) is 0 Å². The number of ether oxygens (including phenoxy) is 1. The first-order valence-corrected chi connectivity index (χ1v) is 5.66. The third kappa shape index (κ3) is 3.90. The zero-order chi connectivity index (χ0) is 12.0. The maximum atomic E-state index is 13.1. The van der Waals surface area contributed by atoms with Crippen LogP contribution in [0.5, 0.6) is 0 Å². The number of benzene rings is 1. The Morgan fingerprint density at radius 2 is 2.31 bits per heavy atom. The lowest BCUT2D eigenvalue weighted by molar-refractivity contribution is 0.0948. The van der Waals surface area contributed by atoms with E-state index >= 15 is 0 Å². The van der Waals surface area contributed by atoms with Crippen molar-refractivity contribution in [2.75, 3.05) is 20.3 Å². The lowest BCUT2D eigenvalue weighted by Crippen LogP contribution is -2.25. The molecule has 88 valence electrons. The van der Waals surface area contributed by atoms with Crippen LogP contribution in [-0.4, -0.2) is 26.2 Å². The van der Waals surface area contributed by atoms with Crippen molar-refractivity contribution < 1.29 is 13.9 Å². The van der Waals surface area contributed by atoms with Crippen molar-refractivity contribution in [2.24, 2.45) is 0 Å². The third-order valence-corrected chi connectivity index (χ3v) is 2.64. The molecule has 1 aromatic rings. The van der Waals surface area contributed by atoms with Crippen LogP contribution in [0.3, 0.4) is 0 Å². The second-order valence-electron chi connectivity index (χ2n) is 3.23. The maximum absolute atomic E-state index is 13.1. The highest BCUT2D eigenvalue weighted by molar-refractivity contribution is 9.10. The molecule has 3 nitrogen and oxygen atoms in total. The summed E-state index contributed by atoms with van der Waals surface area (Å²) >= 11 is 3.03. The molecule has 0 atom stereocenters. The molecule has 16 heavy (non-hydrogen) atoms. The average Bonchev–Trinajstić information content (AvgIpc) is 2.28. The smallest absolute Gasteiger partial charge is 0.251 e. The summed E-state index contributed by atoms with van der Waals surface area (Å²) in [5.74, 6) is -0.716. The minimum Gasteiger partial charge on any atom is -0.385 e. The largest absolute Gasteiger partial charge is 0.385 e. The van der Waals surface area contributed by atoms with E-state index in [1.54, 1.807) is 13.2 Å². The fraction of sp³-hybridized carbons (Fsp3) is 0.364. The topological polar surface area (TPSA) is 38.3 Å². The summed E-state index contributed by atoms with van der Waals surface area (Å²) in [6, 6.07) is 4.29. The molecular formula is C11H13BrFNO2. The molecule has 0 aliphatic rings. The van der Waals surface area contributed by atoms with Crippen LogP contribution in [0.1, 0.15) is 16.8 Å². The number of carbonyl (C=O) groups excluding carboxylic acids is 1. The van der Waals surface area contributed by atoms with Crippen molar-refractivity contribution in [1.82, 2.24) is 5.32 Å². The van der Waals surface area contributed by atoms with E-state index in [1.807, 2.05) is 0 Å². The van der Waals surface area contributed by atoms with E-state index < -0.39 is 5.82 Å². The molecule has 0 bridgehead atoms. The van der Waals surface area contributed by atoms with Crippen molar-refractivity contribution >= 4 is 21.8 Å². The van der Waals surface area contributed by atoms with Crippen LogP contribution in [0.4, 0.5) is 4.39 Å². The maximum Gasteiger partial charge on any atom is 0.251 e. The molecule has 0 unspecified atom stereocenters. The van der Waals surface area contributed by atoms with Gasteiger partial charge >= 0.3 is 0 Å². The number of nitrogens with one attached hydrogen (secondary N) is 1. The van der Waals surface area contributed by atoms with E-state index in [2.05, 4.69) is 21.2 Å². The van der Waals surface area contributed by atoms with Gasteiger partial charge in [0.1, 0.15) is 5.82 Å². The first-order valence-electron chi connectivity index (χ1n) is 4.87. The van der Waals surface area contributed by atoms with Gasteiger partial charge in [0.05, 0.1) is 4.47 Å². The van der Waals surface area contributed by atoms with E-state index in [-0.39, 0.29) is 5.91 Å². The Bertz CT molecular complexity index is 371. The summed E-state index contributed by atoms with van der Waals surface area (Å²) in [5.41, 5.74) is 0.318. The molecular weight excluding hydrogens is 277 g/mol. The Kier molecular flexibility index (Phi) is 5.42. The average molecular weight is 290 g/mol. The summed E-state index contributed by atoms with van der Waals surface area (Å²) in [4.78, 5) is 11.5. The summed E-state index contributed by atoms with van der Waals surface area (Å²) in [6.45, 7) is 1.11. The molecule has 0 aliphatic carbocycles. The minimum atomic E-state index is -0.440. The Labute approximate surface area is 102 Å². The quantitative estimate of drug-likeness (QED) is 0.845. The first kappa shape index (κ1) is 13.1. The van der Waals surface area contributed by atoms with Gasteiger partial charge in [-0.3, -0.25) is 4.79 Å². The van der Waals surface area contributed by atoms with E-state index in [9.17, 15) is 9.18 Å². The standard InChI is InChI=1S/C11H13BrFNO2/c1-16-6-2-5-14-11(15)8-3-4-9(12)10(13)7-8/h3-4,7H,2,5-6H2,1H3,(H,14,15). The van der Waals surface area contributed by atoms with E-state index in [1.165, 1.54) is 12.1 Å². The van der Waals surface area contributed by atoms with Gasteiger partial charge in [-0.1, -0.05) is 0 Å². The molecule has 1 rings (SSSR count). The molecule has 1 amide bonds. The molecule has 0 spiro atoms. The van der Waals surface area contributed by atoms with Crippen LogP contribution in [-0.2, 0) is 4.74 Å². The van der Waals surface area contributed by atoms with Crippen LogP contribution >= 0.6 is 15.9 Å². The number of methoxy groups -OCH3 is 1. The zero-order valence-corrected chi connectivity index (χ0v) is 10.5. The Hall–Kier alpha value is -0.940. The van der Waals surface area contributed by atoms with E-state index in [0.29, 0.717) is 23.2 Å². The molecule has 0 saturated carbocycles. The molecule has 0 saturated heterocycles. The fourth-order valence-corrected chi connectivity index (χ4v) is 1.40. The van der Waals surface area contributed by atoms with Gasteiger partial charge in [0.25, 0.3) is 5.91 Å². The van der Waals surface area contributed by atoms with Gasteiger partial charge in [-0.05, 0) is 40.5 Å². The van der Waals surface area contributed by atoms with Crippen molar-refractivity contribution in [3.63, 3.8) is 0 Å². The number of amides is 1. The predicted molar refractivity (Wildman–Crippen MR) is 62.9 cm³/mol. The monoisotopic (exact) mass is 289 g/mol. The van der Waals surface area contributed by atoms with Crippen LogP contribution in [0.2, 0.25) is 0 Å². The lowest BCUT2D eigenvalue weighted by atomic mass is 10.2. The predicted octanol–water partition coefficient (Wildman–Crippen LogP) is 2.35. The SMILES string of the molecule is COCCCNC(=O)c1ccc(Br)c(F)c1. The lowest BCUT2D eigenvalue weighted by Gasteiger charge is -2.05. The van der Waals surface area contributed by atoms with Crippen molar-refractivity contribution in [3.05, 3.63) is 34.1 Å². The van der Waals surface area contributed by atoms with Crippen LogP contribution in [0, 0.1) is 5.82 Å². The Morgan fingerprint density at radius 1 is 1.56 bits per heavy atom. The number of carbonyl (C=O) groups is 1. The second kappa shape index (κ2) is 6.60. The molecule has 0 fully saturated rings. The van der Waals surface area contributed by atoms with Gasteiger partial charge in [0, 0.05) is 25.8 Å². The number of hydrogen-bond donors (Lipinski definition) is 1. The number of hydrogen-bond acceptors (Lipinski definition) is 2. The van der Waals surface area contributed by atoms with Crippen LogP contribution in [0.15, 0.2) is 22.7 Å². The van der Waals surface area contributed by atoms with Crippen LogP contribution in [0.25, 0.3) is 0 Å². The van der Waals surface area contributed by atoms with Gasteiger partial charge in [0.15, 0.2) is 0 Å². The summed E-state index contributed by atoms with van der Waals surface area (Å²) in [6.07, 6.45) is 0.737. The minimum absolute atomic E-state index is 0.275. The molecule has 0 aliphatic heterocycles. The number of halogens is 2. The highest BCUT2D eigenvalue weighted by Gasteiger charge is 2.07. The highest BCUT2D eigenvalue weighted by Crippen LogP contribution is 2.16. The number of rotatable bonds is 5. The molecule has 0 aromatic heterocycles. The summed E-state index contributed by atoms with van der Waals surface area (Å²) in [5, 5.41) is 2.68. The van der Waals surface area contributed by atoms with Gasteiger partial charge in [0.2, 0.25) is 0 Å². The summed E-state index contributed by atoms with van der Waals surface area (Å²) in [7, 11) is 1.60. The first-order chi connectivity index (χ1) is 7.65. The molecule has 1 aromatic carbocycles. The second-order valence-corrected chi connectivity index (χ2v) is 4.09. The van der Waals surface area contributed by atoms with E-state index in [4.69, 9.17) is 4.74 Å². The highest BCUT2D eigenvalue weighted by atomic mass is 79.9.